The molecule has 1 N–H and O–H groups in total. The normalized spacial score (nSPS) is 10.6. The second-order valence-corrected chi connectivity index (χ2v) is 6.09. The van der Waals surface area contributed by atoms with Crippen LogP contribution in [-0.4, -0.2) is 25.6 Å². The summed E-state index contributed by atoms with van der Waals surface area (Å²) in [5.74, 6) is -0.632. The van der Waals surface area contributed by atoms with Crippen LogP contribution in [0.2, 0.25) is 10.0 Å². The van der Waals surface area contributed by atoms with Crippen molar-refractivity contribution in [2.24, 2.45) is 0 Å². The maximum Gasteiger partial charge on any atom is 0.354 e. The lowest BCUT2D eigenvalue weighted by atomic mass is 10.2. The lowest BCUT2D eigenvalue weighted by molar-refractivity contribution is 0.0685. The third kappa shape index (κ3) is 3.43. The number of carbonyl (C=O) groups is 1. The smallest absolute Gasteiger partial charge is 0.354 e. The molecule has 0 radical (unpaired) electrons. The van der Waals surface area contributed by atoms with Crippen molar-refractivity contribution < 1.29 is 9.90 Å². The average Bonchev–Trinajstić information content (AvgIpc) is 2.97. The summed E-state index contributed by atoms with van der Waals surface area (Å²) >= 11 is 12.3. The summed E-state index contributed by atoms with van der Waals surface area (Å²) in [5, 5.41) is 10.7. The number of carboxylic acids is 1. The summed E-state index contributed by atoms with van der Waals surface area (Å²) in [6, 6.07) is 8.63. The van der Waals surface area contributed by atoms with Crippen LogP contribution in [0.15, 0.2) is 49.3 Å². The van der Waals surface area contributed by atoms with E-state index in [9.17, 15) is 9.90 Å². The molecule has 0 fully saturated rings. The third-order valence-corrected chi connectivity index (χ3v) is 4.25. The van der Waals surface area contributed by atoms with E-state index in [0.29, 0.717) is 27.0 Å². The number of aromatic carboxylic acids is 1. The highest BCUT2D eigenvalue weighted by Crippen LogP contribution is 2.27. The van der Waals surface area contributed by atoms with Gasteiger partial charge in [-0.1, -0.05) is 29.8 Å². The van der Waals surface area contributed by atoms with Crippen molar-refractivity contribution in [1.82, 2.24) is 14.5 Å². The van der Waals surface area contributed by atoms with Gasteiger partial charge in [0.25, 0.3) is 0 Å². The number of carboxylic acid groups (broad SMARTS) is 1. The zero-order valence-corrected chi connectivity index (χ0v) is 14.5. The Bertz CT molecular complexity index is 952. The molecule has 2 aromatic heterocycles. The summed E-state index contributed by atoms with van der Waals surface area (Å²) in [5.41, 5.74) is 1.69. The van der Waals surface area contributed by atoms with Gasteiger partial charge in [-0.15, -0.1) is 0 Å². The first-order valence-electron chi connectivity index (χ1n) is 7.32. The Morgan fingerprint density at radius 2 is 2.12 bits per heavy atom. The molecule has 5 nitrogen and oxygen atoms in total. The van der Waals surface area contributed by atoms with E-state index in [2.05, 4.69) is 16.5 Å². The quantitative estimate of drug-likeness (QED) is 0.706. The molecule has 1 aromatic carbocycles. The number of imidazole rings is 1. The van der Waals surface area contributed by atoms with E-state index in [1.54, 1.807) is 41.2 Å². The van der Waals surface area contributed by atoms with Gasteiger partial charge in [-0.2, -0.15) is 0 Å². The van der Waals surface area contributed by atoms with Crippen LogP contribution in [0.5, 0.6) is 0 Å². The van der Waals surface area contributed by atoms with Gasteiger partial charge in [0.1, 0.15) is 5.82 Å². The number of rotatable bonds is 5. The van der Waals surface area contributed by atoms with Crippen LogP contribution < -0.4 is 0 Å². The molecule has 0 bridgehead atoms. The molecule has 0 spiro atoms. The highest BCUT2D eigenvalue weighted by molar-refractivity contribution is 6.33. The molecule has 3 aromatic rings. The molecule has 126 valence electrons. The zero-order valence-electron chi connectivity index (χ0n) is 13.0. The third-order valence-electron chi connectivity index (χ3n) is 3.65. The number of benzene rings is 1. The number of hydrogen-bond donors (Lipinski definition) is 1. The van der Waals surface area contributed by atoms with Crippen LogP contribution in [-0.2, 0) is 6.54 Å². The van der Waals surface area contributed by atoms with Crippen molar-refractivity contribution in [1.29, 1.82) is 0 Å². The fraction of sp³-hybridized carbons (Fsp3) is 0.0556. The Labute approximate surface area is 154 Å². The van der Waals surface area contributed by atoms with Gasteiger partial charge in [-0.3, -0.25) is 4.98 Å². The molecule has 2 heterocycles. The van der Waals surface area contributed by atoms with Crippen LogP contribution in [0.25, 0.3) is 17.5 Å². The Kier molecular flexibility index (Phi) is 4.88. The van der Waals surface area contributed by atoms with Crippen LogP contribution in [0.3, 0.4) is 0 Å². The van der Waals surface area contributed by atoms with Gasteiger partial charge in [0.2, 0.25) is 0 Å². The molecule has 7 heteroatoms. The SMILES string of the molecule is C=Cc1nc(-c2cccnc2)n(Cc2cc(Cl)ccc2Cl)c1C(=O)O. The minimum atomic E-state index is -1.10. The van der Waals surface area contributed by atoms with E-state index >= 15 is 0 Å². The summed E-state index contributed by atoms with van der Waals surface area (Å²) in [7, 11) is 0. The van der Waals surface area contributed by atoms with Gasteiger partial charge in [0.05, 0.1) is 12.2 Å². The highest BCUT2D eigenvalue weighted by Gasteiger charge is 2.22. The standard InChI is InChI=1S/C18H13Cl2N3O2/c1-2-15-16(18(24)25)23(10-12-8-13(19)5-6-14(12)20)17(22-15)11-4-3-7-21-9-11/h2-9H,1,10H2,(H,24,25). The van der Waals surface area contributed by atoms with E-state index in [4.69, 9.17) is 23.2 Å². The Morgan fingerprint density at radius 1 is 1.32 bits per heavy atom. The number of nitrogens with zero attached hydrogens (tertiary/aromatic N) is 3. The fourth-order valence-electron chi connectivity index (χ4n) is 2.54. The summed E-state index contributed by atoms with van der Waals surface area (Å²) in [6.45, 7) is 3.86. The molecule has 0 unspecified atom stereocenters. The van der Waals surface area contributed by atoms with E-state index in [-0.39, 0.29) is 17.9 Å². The maximum absolute atomic E-state index is 11.8. The number of pyridine rings is 1. The lowest BCUT2D eigenvalue weighted by Gasteiger charge is -2.12. The van der Waals surface area contributed by atoms with Gasteiger partial charge in [-0.05, 0) is 42.0 Å². The predicted molar refractivity (Wildman–Crippen MR) is 98.1 cm³/mol. The molecule has 3 rings (SSSR count). The summed E-state index contributed by atoms with van der Waals surface area (Å²) in [4.78, 5) is 20.3. The lowest BCUT2D eigenvalue weighted by Crippen LogP contribution is -2.12. The van der Waals surface area contributed by atoms with E-state index < -0.39 is 5.97 Å². The first-order valence-corrected chi connectivity index (χ1v) is 8.07. The van der Waals surface area contributed by atoms with Crippen molar-refractivity contribution in [2.75, 3.05) is 0 Å². The summed E-state index contributed by atoms with van der Waals surface area (Å²) < 4.78 is 1.58. The van der Waals surface area contributed by atoms with Gasteiger partial charge in [0.15, 0.2) is 5.69 Å². The molecular weight excluding hydrogens is 361 g/mol. The van der Waals surface area contributed by atoms with Crippen molar-refractivity contribution in [2.45, 2.75) is 6.54 Å². The van der Waals surface area contributed by atoms with Crippen molar-refractivity contribution >= 4 is 35.2 Å². The minimum Gasteiger partial charge on any atom is -0.477 e. The topological polar surface area (TPSA) is 68.0 Å². The highest BCUT2D eigenvalue weighted by atomic mass is 35.5. The van der Waals surface area contributed by atoms with E-state index in [0.717, 1.165) is 0 Å². The van der Waals surface area contributed by atoms with Crippen molar-refractivity contribution in [3.63, 3.8) is 0 Å². The number of aromatic nitrogens is 3. The predicted octanol–water partition coefficient (Wildman–Crippen LogP) is 4.64. The first-order chi connectivity index (χ1) is 12.0. The van der Waals surface area contributed by atoms with Gasteiger partial charge in [-0.25, -0.2) is 9.78 Å². The zero-order chi connectivity index (χ0) is 18.0. The fourth-order valence-corrected chi connectivity index (χ4v) is 2.92. The molecule has 0 saturated carbocycles. The van der Waals surface area contributed by atoms with E-state index in [1.807, 2.05) is 6.07 Å². The molecule has 0 amide bonds. The molecule has 25 heavy (non-hydrogen) atoms. The van der Waals surface area contributed by atoms with Gasteiger partial charge < -0.3 is 9.67 Å². The second-order valence-electron chi connectivity index (χ2n) is 5.24. The summed E-state index contributed by atoms with van der Waals surface area (Å²) in [6.07, 6.45) is 4.67. The molecule has 0 atom stereocenters. The largest absolute Gasteiger partial charge is 0.477 e. The monoisotopic (exact) mass is 373 g/mol. The van der Waals surface area contributed by atoms with Gasteiger partial charge in [0, 0.05) is 28.0 Å². The molecule has 0 aliphatic carbocycles. The van der Waals surface area contributed by atoms with Crippen molar-refractivity contribution in [3.8, 4) is 11.4 Å². The Morgan fingerprint density at radius 3 is 2.76 bits per heavy atom. The number of hydrogen-bond acceptors (Lipinski definition) is 3. The molecular formula is C18H13Cl2N3O2. The van der Waals surface area contributed by atoms with E-state index in [1.165, 1.54) is 6.08 Å². The molecule has 0 aliphatic rings. The van der Waals surface area contributed by atoms with Crippen LogP contribution in [0, 0.1) is 0 Å². The number of halogens is 2. The van der Waals surface area contributed by atoms with Crippen LogP contribution >= 0.6 is 23.2 Å². The molecule has 0 saturated heterocycles. The maximum atomic E-state index is 11.8. The second kappa shape index (κ2) is 7.09. The minimum absolute atomic E-state index is 0.0323. The Hall–Kier alpha value is -2.63. The Balaban J connectivity index is 2.22. The molecule has 0 aliphatic heterocycles. The van der Waals surface area contributed by atoms with Crippen LogP contribution in [0.4, 0.5) is 0 Å². The van der Waals surface area contributed by atoms with Gasteiger partial charge >= 0.3 is 5.97 Å². The van der Waals surface area contributed by atoms with Crippen molar-refractivity contribution in [3.05, 3.63) is 76.3 Å². The van der Waals surface area contributed by atoms with Crippen LogP contribution in [0.1, 0.15) is 21.7 Å². The average molecular weight is 374 g/mol. The first kappa shape index (κ1) is 17.2.